The predicted molar refractivity (Wildman–Crippen MR) is 138 cm³/mol. The summed E-state index contributed by atoms with van der Waals surface area (Å²) in [6.07, 6.45) is -4.47. The monoisotopic (exact) mass is 527 g/mol. The quantitative estimate of drug-likeness (QED) is 0.260. The third kappa shape index (κ3) is 5.91. The topological polar surface area (TPSA) is 61.2 Å². The highest BCUT2D eigenvalue weighted by Gasteiger charge is 2.32. The average molecular weight is 528 g/mol. The third-order valence-electron chi connectivity index (χ3n) is 6.16. The van der Waals surface area contributed by atoms with Crippen molar-refractivity contribution in [3.05, 3.63) is 83.9 Å². The van der Waals surface area contributed by atoms with E-state index in [-0.39, 0.29) is 11.7 Å². The number of anilines is 2. The number of amides is 1. The van der Waals surface area contributed by atoms with Crippen molar-refractivity contribution in [1.29, 1.82) is 0 Å². The fraction of sp³-hybridized carbons (Fsp3) is 0.259. The maximum atomic E-state index is 13.4. The Morgan fingerprint density at radius 2 is 1.76 bits per heavy atom. The second kappa shape index (κ2) is 10.9. The Balaban J connectivity index is 1.35. The maximum absolute atomic E-state index is 13.4. The first-order valence-corrected chi connectivity index (χ1v) is 12.9. The van der Waals surface area contributed by atoms with Crippen molar-refractivity contribution in [1.82, 2.24) is 4.98 Å². The zero-order chi connectivity index (χ0) is 25.8. The highest BCUT2D eigenvalue weighted by atomic mass is 32.2. The molecular formula is C27H26F3N4O2S+. The number of carbonyl (C=O) groups is 1. The minimum atomic E-state index is -4.47. The van der Waals surface area contributed by atoms with Crippen molar-refractivity contribution in [2.75, 3.05) is 42.3 Å². The van der Waals surface area contributed by atoms with Crippen LogP contribution in [0, 0.1) is 0 Å². The highest BCUT2D eigenvalue weighted by Crippen LogP contribution is 2.36. The molecule has 10 heteroatoms. The summed E-state index contributed by atoms with van der Waals surface area (Å²) >= 11 is 1.35. The minimum Gasteiger partial charge on any atom is -0.378 e. The number of nitrogens with one attached hydrogen (secondary N) is 2. The van der Waals surface area contributed by atoms with E-state index in [2.05, 4.69) is 14.9 Å². The van der Waals surface area contributed by atoms with Gasteiger partial charge in [0, 0.05) is 13.1 Å². The van der Waals surface area contributed by atoms with Crippen molar-refractivity contribution in [2.45, 2.75) is 17.9 Å². The molecule has 192 valence electrons. The van der Waals surface area contributed by atoms with Crippen molar-refractivity contribution < 1.29 is 27.3 Å². The lowest BCUT2D eigenvalue weighted by atomic mass is 10.1. The lowest BCUT2D eigenvalue weighted by molar-refractivity contribution is -0.700. The Morgan fingerprint density at radius 3 is 2.51 bits per heavy atom. The van der Waals surface area contributed by atoms with E-state index < -0.39 is 11.7 Å². The number of fused-ring (bicyclic) bond motifs is 1. The lowest BCUT2D eigenvalue weighted by Crippen LogP contribution is -2.37. The molecule has 0 saturated carbocycles. The van der Waals surface area contributed by atoms with Crippen LogP contribution in [0.2, 0.25) is 0 Å². The number of hydrogen-bond donors (Lipinski definition) is 2. The van der Waals surface area contributed by atoms with Crippen LogP contribution in [0.5, 0.6) is 0 Å². The number of H-pyrrole nitrogens is 1. The Kier molecular flexibility index (Phi) is 7.38. The van der Waals surface area contributed by atoms with Gasteiger partial charge in [-0.1, -0.05) is 42.5 Å². The van der Waals surface area contributed by atoms with Gasteiger partial charge >= 0.3 is 11.3 Å². The van der Waals surface area contributed by atoms with Crippen LogP contribution in [0.15, 0.2) is 78.0 Å². The van der Waals surface area contributed by atoms with E-state index in [1.807, 2.05) is 59.5 Å². The molecule has 0 unspecified atom stereocenters. The van der Waals surface area contributed by atoms with Crippen molar-refractivity contribution >= 4 is 40.1 Å². The van der Waals surface area contributed by atoms with Crippen LogP contribution in [0.1, 0.15) is 11.1 Å². The zero-order valence-electron chi connectivity index (χ0n) is 19.9. The van der Waals surface area contributed by atoms with E-state index in [0.29, 0.717) is 44.2 Å². The summed E-state index contributed by atoms with van der Waals surface area (Å²) in [4.78, 5) is 18.2. The van der Waals surface area contributed by atoms with Crippen LogP contribution in [0.3, 0.4) is 0 Å². The number of aromatic nitrogens is 2. The second-order valence-electron chi connectivity index (χ2n) is 8.69. The van der Waals surface area contributed by atoms with Gasteiger partial charge in [0.05, 0.1) is 35.9 Å². The summed E-state index contributed by atoms with van der Waals surface area (Å²) in [5.74, 6) is -0.213. The number of hydrogen-bond acceptors (Lipinski definition) is 4. The number of carbonyl (C=O) groups excluding carboxylic acids is 1. The standard InChI is InChI=1S/C27H25F3N4O2S/c28-27(29,30)20-10-11-22(24(16-20)33-12-14-36-15-13-33)31-25(35)18-37-26-32-21-8-4-5-9-23(21)34(26)17-19-6-2-1-3-7-19/h1-11,16H,12-15,17-18H2,(H,31,35)/p+1. The molecule has 2 heterocycles. The fourth-order valence-electron chi connectivity index (χ4n) is 4.34. The first-order valence-electron chi connectivity index (χ1n) is 11.9. The molecule has 1 fully saturated rings. The average Bonchev–Trinajstić information content (AvgIpc) is 3.25. The fourth-order valence-corrected chi connectivity index (χ4v) is 5.18. The van der Waals surface area contributed by atoms with Gasteiger partial charge in [-0.15, -0.1) is 0 Å². The Bertz CT molecular complexity index is 1390. The SMILES string of the molecule is O=C(CSc1[nH]c2ccccc2[n+]1Cc1ccccc1)Nc1ccc(C(F)(F)F)cc1N1CCOCC1. The first-order chi connectivity index (χ1) is 17.9. The molecule has 37 heavy (non-hydrogen) atoms. The van der Waals surface area contributed by atoms with Gasteiger partial charge in [0.15, 0.2) is 11.0 Å². The smallest absolute Gasteiger partial charge is 0.378 e. The highest BCUT2D eigenvalue weighted by molar-refractivity contribution is 7.99. The van der Waals surface area contributed by atoms with Crippen molar-refractivity contribution in [3.63, 3.8) is 0 Å². The van der Waals surface area contributed by atoms with Gasteiger partial charge in [-0.05, 0) is 47.7 Å². The number of ether oxygens (including phenoxy) is 1. The summed E-state index contributed by atoms with van der Waals surface area (Å²) in [5, 5.41) is 3.65. The molecule has 1 amide bonds. The van der Waals surface area contributed by atoms with E-state index in [0.717, 1.165) is 33.9 Å². The molecule has 0 atom stereocenters. The van der Waals surface area contributed by atoms with Gasteiger partial charge in [0.1, 0.15) is 6.54 Å². The van der Waals surface area contributed by atoms with Gasteiger partial charge in [-0.25, -0.2) is 9.55 Å². The maximum Gasteiger partial charge on any atom is 0.416 e. The van der Waals surface area contributed by atoms with E-state index in [1.165, 1.54) is 17.8 Å². The molecule has 5 rings (SSSR count). The second-order valence-corrected chi connectivity index (χ2v) is 9.65. The Morgan fingerprint density at radius 1 is 1.03 bits per heavy atom. The third-order valence-corrected chi connectivity index (χ3v) is 7.16. The first kappa shape index (κ1) is 25.2. The van der Waals surface area contributed by atoms with Gasteiger partial charge in [-0.3, -0.25) is 4.79 Å². The lowest BCUT2D eigenvalue weighted by Gasteiger charge is -2.31. The van der Waals surface area contributed by atoms with Crippen LogP contribution < -0.4 is 14.8 Å². The number of imidazole rings is 1. The molecule has 0 radical (unpaired) electrons. The summed E-state index contributed by atoms with van der Waals surface area (Å²) in [7, 11) is 0. The molecule has 3 aromatic carbocycles. The summed E-state index contributed by atoms with van der Waals surface area (Å²) < 4.78 is 47.6. The largest absolute Gasteiger partial charge is 0.416 e. The van der Waals surface area contributed by atoms with Crippen molar-refractivity contribution in [3.8, 4) is 0 Å². The minimum absolute atomic E-state index is 0.0885. The summed E-state index contributed by atoms with van der Waals surface area (Å²) in [6.45, 7) is 2.37. The van der Waals surface area contributed by atoms with E-state index in [1.54, 1.807) is 0 Å². The van der Waals surface area contributed by atoms with E-state index >= 15 is 0 Å². The van der Waals surface area contributed by atoms with Crippen LogP contribution in [-0.2, 0) is 22.3 Å². The van der Waals surface area contributed by atoms with Crippen LogP contribution in [-0.4, -0.2) is 42.9 Å². The number of halogens is 3. The van der Waals surface area contributed by atoms with Gasteiger partial charge in [-0.2, -0.15) is 13.2 Å². The normalized spacial score (nSPS) is 14.2. The molecule has 0 spiro atoms. The number of benzene rings is 3. The number of thioether (sulfide) groups is 1. The predicted octanol–water partition coefficient (Wildman–Crippen LogP) is 5.09. The van der Waals surface area contributed by atoms with Crippen LogP contribution >= 0.6 is 11.8 Å². The molecule has 6 nitrogen and oxygen atoms in total. The molecule has 2 N–H and O–H groups in total. The van der Waals surface area contributed by atoms with Crippen molar-refractivity contribution in [2.24, 2.45) is 0 Å². The number of nitrogens with zero attached hydrogens (tertiary/aromatic N) is 2. The summed E-state index contributed by atoms with van der Waals surface area (Å²) in [5.41, 5.74) is 3.06. The van der Waals surface area contributed by atoms with E-state index in [9.17, 15) is 18.0 Å². The molecule has 1 aromatic heterocycles. The number of rotatable bonds is 7. The Labute approximate surface area is 216 Å². The molecule has 4 aromatic rings. The molecule has 0 bridgehead atoms. The number of alkyl halides is 3. The van der Waals surface area contributed by atoms with Crippen LogP contribution in [0.25, 0.3) is 11.0 Å². The van der Waals surface area contributed by atoms with E-state index in [4.69, 9.17) is 4.74 Å². The molecule has 1 saturated heterocycles. The van der Waals surface area contributed by atoms with Gasteiger partial charge < -0.3 is 15.0 Å². The number of morpholine rings is 1. The molecular weight excluding hydrogens is 501 g/mol. The van der Waals surface area contributed by atoms with Gasteiger partial charge in [0.25, 0.3) is 0 Å². The zero-order valence-corrected chi connectivity index (χ0v) is 20.7. The molecule has 1 aliphatic heterocycles. The number of para-hydroxylation sites is 2. The molecule has 0 aliphatic carbocycles. The Hall–Kier alpha value is -3.50. The van der Waals surface area contributed by atoms with Crippen LogP contribution in [0.4, 0.5) is 24.5 Å². The van der Waals surface area contributed by atoms with Gasteiger partial charge in [0.2, 0.25) is 5.91 Å². The molecule has 1 aliphatic rings. The summed E-state index contributed by atoms with van der Waals surface area (Å²) in [6, 6.07) is 21.4. The number of aromatic amines is 1.